The highest BCUT2D eigenvalue weighted by molar-refractivity contribution is 5.70. The molecule has 2 atom stereocenters. The van der Waals surface area contributed by atoms with Crippen LogP contribution in [0.1, 0.15) is 232 Å². The van der Waals surface area contributed by atoms with Crippen molar-refractivity contribution in [2.45, 2.75) is 245 Å². The molecule has 0 aromatic heterocycles. The molecule has 0 aromatic rings. The zero-order valence-electron chi connectivity index (χ0n) is 42.9. The van der Waals surface area contributed by atoms with Crippen LogP contribution in [0.15, 0.2) is 48.6 Å². The van der Waals surface area contributed by atoms with Crippen LogP contribution in [0.25, 0.3) is 0 Å². The van der Waals surface area contributed by atoms with Gasteiger partial charge in [0.15, 0.2) is 12.4 Å². The Hall–Kier alpha value is -2.75. The summed E-state index contributed by atoms with van der Waals surface area (Å²) >= 11 is 0. The van der Waals surface area contributed by atoms with Crippen molar-refractivity contribution >= 4 is 17.9 Å². The summed E-state index contributed by atoms with van der Waals surface area (Å²) in [6.07, 6.45) is 54.3. The minimum Gasteiger partial charge on any atom is -0.545 e. The van der Waals surface area contributed by atoms with E-state index in [4.69, 9.17) is 18.9 Å². The van der Waals surface area contributed by atoms with Crippen molar-refractivity contribution in [1.29, 1.82) is 0 Å². The molecule has 378 valence electrons. The van der Waals surface area contributed by atoms with Crippen LogP contribution in [-0.4, -0.2) is 82.3 Å². The van der Waals surface area contributed by atoms with Gasteiger partial charge in [0, 0.05) is 12.8 Å². The first-order valence-electron chi connectivity index (χ1n) is 26.8. The topological polar surface area (TPSA) is 111 Å². The first-order valence-corrected chi connectivity index (χ1v) is 26.8. The first-order chi connectivity index (χ1) is 31.6. The van der Waals surface area contributed by atoms with Gasteiger partial charge in [0.2, 0.25) is 0 Å². The molecule has 0 aliphatic rings. The van der Waals surface area contributed by atoms with Crippen molar-refractivity contribution in [3.05, 3.63) is 48.6 Å². The molecule has 0 fully saturated rings. The molecule has 0 aliphatic carbocycles. The van der Waals surface area contributed by atoms with Crippen LogP contribution >= 0.6 is 0 Å². The number of carbonyl (C=O) groups is 3. The predicted molar refractivity (Wildman–Crippen MR) is 269 cm³/mol. The number of rotatable bonds is 49. The lowest BCUT2D eigenvalue weighted by Gasteiger charge is -2.26. The van der Waals surface area contributed by atoms with Gasteiger partial charge >= 0.3 is 11.9 Å². The zero-order valence-corrected chi connectivity index (χ0v) is 42.9. The normalized spacial score (nSPS) is 13.2. The molecule has 0 heterocycles. The molecular weight excluding hydrogens is 815 g/mol. The van der Waals surface area contributed by atoms with E-state index in [1.165, 1.54) is 128 Å². The van der Waals surface area contributed by atoms with Crippen LogP contribution in [0.3, 0.4) is 0 Å². The van der Waals surface area contributed by atoms with Gasteiger partial charge in [-0.2, -0.15) is 0 Å². The van der Waals surface area contributed by atoms with E-state index in [0.717, 1.165) is 70.6 Å². The maximum atomic E-state index is 12.8. The molecule has 0 N–H and O–H groups in total. The van der Waals surface area contributed by atoms with Crippen molar-refractivity contribution in [1.82, 2.24) is 0 Å². The highest BCUT2D eigenvalue weighted by Gasteiger charge is 2.22. The van der Waals surface area contributed by atoms with Crippen LogP contribution in [0.2, 0.25) is 0 Å². The number of ether oxygens (including phenoxy) is 4. The van der Waals surface area contributed by atoms with Gasteiger partial charge < -0.3 is 33.3 Å². The van der Waals surface area contributed by atoms with Gasteiger partial charge in [-0.3, -0.25) is 9.59 Å². The Morgan fingerprint density at radius 3 is 1.31 bits per heavy atom. The highest BCUT2D eigenvalue weighted by Crippen LogP contribution is 2.16. The fraction of sp³-hybridized carbons (Fsp3) is 0.804. The first kappa shape index (κ1) is 62.2. The minimum absolute atomic E-state index is 0.146. The van der Waals surface area contributed by atoms with E-state index in [2.05, 4.69) is 62.5 Å². The summed E-state index contributed by atoms with van der Waals surface area (Å²) in [5.41, 5.74) is 0. The Bertz CT molecular complexity index is 1210. The third-order valence-electron chi connectivity index (χ3n) is 11.6. The third kappa shape index (κ3) is 49.0. The number of nitrogens with zero attached hydrogens (tertiary/aromatic N) is 1. The Balaban J connectivity index is 4.31. The molecule has 0 aromatic carbocycles. The number of carbonyl (C=O) groups excluding carboxylic acids is 3. The lowest BCUT2D eigenvalue weighted by molar-refractivity contribution is -0.870. The largest absolute Gasteiger partial charge is 0.545 e. The maximum Gasteiger partial charge on any atom is 0.306 e. The van der Waals surface area contributed by atoms with Gasteiger partial charge in [-0.25, -0.2) is 0 Å². The molecule has 0 saturated heterocycles. The summed E-state index contributed by atoms with van der Waals surface area (Å²) in [7, 11) is 5.92. The van der Waals surface area contributed by atoms with Crippen LogP contribution in [0.4, 0.5) is 0 Å². The molecule has 0 bridgehead atoms. The van der Waals surface area contributed by atoms with Gasteiger partial charge in [0.05, 0.1) is 40.3 Å². The maximum absolute atomic E-state index is 12.8. The summed E-state index contributed by atoms with van der Waals surface area (Å²) in [6.45, 7) is 4.65. The summed E-state index contributed by atoms with van der Waals surface area (Å²) in [5.74, 6) is -2.28. The van der Waals surface area contributed by atoms with Gasteiger partial charge in [0.1, 0.15) is 13.2 Å². The SMILES string of the molecule is CC/C=C\C/C=C\C/C=C\C/C=C\CCCCCCCCCCC(=O)OC(COC(=O)CCCCCCCCCCCCCCCCCCCCC)COC(OCC[N+](C)(C)C)C(=O)[O-]. The van der Waals surface area contributed by atoms with E-state index >= 15 is 0 Å². The molecule has 65 heavy (non-hydrogen) atoms. The number of carboxylic acids is 1. The van der Waals surface area contributed by atoms with Crippen molar-refractivity contribution in [3.8, 4) is 0 Å². The summed E-state index contributed by atoms with van der Waals surface area (Å²) < 4.78 is 22.7. The zero-order chi connectivity index (χ0) is 47.7. The van der Waals surface area contributed by atoms with Crippen molar-refractivity contribution in [2.24, 2.45) is 0 Å². The summed E-state index contributed by atoms with van der Waals surface area (Å²) in [4.78, 5) is 37.2. The lowest BCUT2D eigenvalue weighted by atomic mass is 10.0. The van der Waals surface area contributed by atoms with Gasteiger partial charge in [-0.15, -0.1) is 0 Å². The molecule has 2 unspecified atom stereocenters. The molecule has 0 amide bonds. The van der Waals surface area contributed by atoms with E-state index in [9.17, 15) is 19.5 Å². The Kier molecular flexibility index (Phi) is 45.7. The molecule has 0 radical (unpaired) electrons. The average Bonchev–Trinajstić information content (AvgIpc) is 3.27. The van der Waals surface area contributed by atoms with Crippen molar-refractivity contribution < 1.29 is 42.9 Å². The van der Waals surface area contributed by atoms with Crippen LogP contribution in [0.5, 0.6) is 0 Å². The Morgan fingerprint density at radius 1 is 0.477 bits per heavy atom. The van der Waals surface area contributed by atoms with Crippen LogP contribution in [-0.2, 0) is 33.3 Å². The van der Waals surface area contributed by atoms with E-state index in [1.807, 2.05) is 21.1 Å². The number of allylic oxidation sites excluding steroid dienone is 8. The fourth-order valence-electron chi connectivity index (χ4n) is 7.47. The molecule has 9 heteroatoms. The summed E-state index contributed by atoms with van der Waals surface area (Å²) in [5, 5.41) is 11.7. The lowest BCUT2D eigenvalue weighted by Crippen LogP contribution is -2.44. The predicted octanol–water partition coefficient (Wildman–Crippen LogP) is 13.8. The summed E-state index contributed by atoms with van der Waals surface area (Å²) in [6, 6.07) is 0. The Morgan fingerprint density at radius 2 is 0.877 bits per heavy atom. The second kappa shape index (κ2) is 47.7. The standard InChI is InChI=1S/C56H101NO8/c1-6-8-10-12-14-16-18-20-22-24-26-27-29-31-33-35-37-39-41-43-45-47-54(59)65-52(51-64-56(55(60)61)62-49-48-57(3,4)5)50-63-53(58)46-44-42-40-38-36-34-32-30-28-25-23-21-19-17-15-13-11-9-7-2/h8,10,14,16,20,22,26-27,52,56H,6-7,9,11-13,15,17-19,21,23-25,28-51H2,1-5H3/b10-8-,16-14-,22-20-,27-26-. The molecular formula is C56H101NO8. The second-order valence-corrected chi connectivity index (χ2v) is 19.1. The quantitative estimate of drug-likeness (QED) is 0.0195. The second-order valence-electron chi connectivity index (χ2n) is 19.1. The molecule has 9 nitrogen and oxygen atoms in total. The number of hydrogen-bond acceptors (Lipinski definition) is 8. The monoisotopic (exact) mass is 916 g/mol. The van der Waals surface area contributed by atoms with Gasteiger partial charge in [-0.05, 0) is 51.4 Å². The fourth-order valence-corrected chi connectivity index (χ4v) is 7.47. The Labute approximate surface area is 400 Å². The van der Waals surface area contributed by atoms with Crippen LogP contribution < -0.4 is 5.11 Å². The van der Waals surface area contributed by atoms with E-state index in [0.29, 0.717) is 23.9 Å². The van der Waals surface area contributed by atoms with Gasteiger partial charge in [0.25, 0.3) is 0 Å². The number of carboxylic acid groups (broad SMARTS) is 1. The molecule has 0 spiro atoms. The molecule has 0 rings (SSSR count). The number of hydrogen-bond donors (Lipinski definition) is 0. The van der Waals surface area contributed by atoms with E-state index in [1.54, 1.807) is 0 Å². The average molecular weight is 916 g/mol. The van der Waals surface area contributed by atoms with Crippen LogP contribution in [0, 0.1) is 0 Å². The number of esters is 2. The number of likely N-dealkylation sites (N-methyl/N-ethyl adjacent to an activating group) is 1. The highest BCUT2D eigenvalue weighted by atomic mass is 16.7. The third-order valence-corrected chi connectivity index (χ3v) is 11.6. The number of unbranched alkanes of at least 4 members (excludes halogenated alkanes) is 26. The smallest absolute Gasteiger partial charge is 0.306 e. The number of aliphatic carboxylic acids is 1. The van der Waals surface area contributed by atoms with Gasteiger partial charge in [-0.1, -0.05) is 217 Å². The van der Waals surface area contributed by atoms with E-state index < -0.39 is 24.3 Å². The van der Waals surface area contributed by atoms with Crippen molar-refractivity contribution in [3.63, 3.8) is 0 Å². The minimum atomic E-state index is -1.62. The van der Waals surface area contributed by atoms with E-state index in [-0.39, 0.29) is 32.2 Å². The van der Waals surface area contributed by atoms with Crippen molar-refractivity contribution in [2.75, 3.05) is 47.5 Å². The molecule has 0 saturated carbocycles. The number of quaternary nitrogens is 1. The molecule has 0 aliphatic heterocycles.